The molecule has 3 rings (SSSR count). The molecule has 0 spiro atoms. The lowest BCUT2D eigenvalue weighted by molar-refractivity contribution is 0.686. The monoisotopic (exact) mass is 283 g/mol. The number of benzene rings is 1. The summed E-state index contributed by atoms with van der Waals surface area (Å²) in [6.45, 7) is 0. The molecule has 1 atom stereocenters. The summed E-state index contributed by atoms with van der Waals surface area (Å²) in [6, 6.07) is 13.7. The van der Waals surface area contributed by atoms with E-state index in [2.05, 4.69) is 9.97 Å². The molecule has 4 nitrogen and oxygen atoms in total. The van der Waals surface area contributed by atoms with E-state index in [1.54, 1.807) is 18.8 Å². The van der Waals surface area contributed by atoms with Gasteiger partial charge in [0.2, 0.25) is 0 Å². The number of hydrogen-bond acceptors (Lipinski definition) is 3. The van der Waals surface area contributed by atoms with Crippen LogP contribution in [-0.4, -0.2) is 25.0 Å². The first kappa shape index (κ1) is 12.7. The molecule has 0 saturated carbocycles. The topological polar surface area (TPSA) is 47.8 Å². The molecule has 0 aliphatic carbocycles. The Morgan fingerprint density at radius 1 is 1.05 bits per heavy atom. The Morgan fingerprint density at radius 3 is 2.50 bits per heavy atom. The van der Waals surface area contributed by atoms with Gasteiger partial charge in [-0.3, -0.25) is 8.78 Å². The molecule has 0 fully saturated rings. The molecule has 0 radical (unpaired) electrons. The van der Waals surface area contributed by atoms with Crippen molar-refractivity contribution in [3.63, 3.8) is 0 Å². The molecular weight excluding hydrogens is 270 g/mol. The number of pyridine rings is 1. The zero-order chi connectivity index (χ0) is 13.9. The summed E-state index contributed by atoms with van der Waals surface area (Å²) < 4.78 is 13.3. The number of rotatable bonds is 3. The van der Waals surface area contributed by atoms with E-state index in [0.29, 0.717) is 0 Å². The minimum Gasteiger partial charge on any atom is -0.283 e. The maximum absolute atomic E-state index is 11.4. The fourth-order valence-corrected chi connectivity index (χ4v) is 2.45. The summed E-state index contributed by atoms with van der Waals surface area (Å²) >= 11 is 0. The van der Waals surface area contributed by atoms with Crippen molar-refractivity contribution in [1.82, 2.24) is 14.5 Å². The second-order valence-corrected chi connectivity index (χ2v) is 5.70. The van der Waals surface area contributed by atoms with Crippen molar-refractivity contribution in [2.45, 2.75) is 4.90 Å². The molecule has 0 aliphatic heterocycles. The number of hydrogen-bond donors (Lipinski definition) is 0. The molecule has 0 N–H and O–H groups in total. The first-order chi connectivity index (χ1) is 9.75. The van der Waals surface area contributed by atoms with Crippen LogP contribution in [0.4, 0.5) is 0 Å². The average molecular weight is 283 g/mol. The summed E-state index contributed by atoms with van der Waals surface area (Å²) in [5.41, 5.74) is 2.05. The Balaban J connectivity index is 2.04. The maximum Gasteiger partial charge on any atom is 0.138 e. The standard InChI is InChI=1S/C15H13N3OS/c1-20(19)13-7-8-15(17-9-13)18-11-16-10-14(18)12-5-3-2-4-6-12/h2-11H,1H3. The molecule has 0 amide bonds. The van der Waals surface area contributed by atoms with Gasteiger partial charge in [-0.2, -0.15) is 0 Å². The van der Waals surface area contributed by atoms with Crippen molar-refractivity contribution in [2.24, 2.45) is 0 Å². The van der Waals surface area contributed by atoms with Crippen LogP contribution in [0.15, 0.2) is 66.1 Å². The van der Waals surface area contributed by atoms with Crippen molar-refractivity contribution >= 4 is 10.8 Å². The predicted molar refractivity (Wildman–Crippen MR) is 79.1 cm³/mol. The Labute approximate surface area is 119 Å². The summed E-state index contributed by atoms with van der Waals surface area (Å²) in [6.07, 6.45) is 6.82. The van der Waals surface area contributed by atoms with Gasteiger partial charge in [0.05, 0.1) is 27.6 Å². The highest BCUT2D eigenvalue weighted by Crippen LogP contribution is 2.21. The summed E-state index contributed by atoms with van der Waals surface area (Å²) in [4.78, 5) is 9.27. The van der Waals surface area contributed by atoms with Gasteiger partial charge in [-0.15, -0.1) is 0 Å². The normalized spacial score (nSPS) is 12.2. The van der Waals surface area contributed by atoms with Crippen LogP contribution in [-0.2, 0) is 10.8 Å². The number of nitrogens with zero attached hydrogens (tertiary/aromatic N) is 3. The first-order valence-corrected chi connectivity index (χ1v) is 7.69. The molecular formula is C15H13N3OS. The molecule has 0 bridgehead atoms. The van der Waals surface area contributed by atoms with Gasteiger partial charge in [0.15, 0.2) is 0 Å². The molecule has 1 unspecified atom stereocenters. The highest BCUT2D eigenvalue weighted by atomic mass is 32.2. The molecule has 1 aromatic carbocycles. The highest BCUT2D eigenvalue weighted by Gasteiger charge is 2.08. The Morgan fingerprint density at radius 2 is 1.85 bits per heavy atom. The Bertz CT molecular complexity index is 735. The lowest BCUT2D eigenvalue weighted by Gasteiger charge is -2.07. The molecule has 0 aliphatic rings. The van der Waals surface area contributed by atoms with Crippen molar-refractivity contribution in [1.29, 1.82) is 0 Å². The fraction of sp³-hybridized carbons (Fsp3) is 0.0667. The second-order valence-electron chi connectivity index (χ2n) is 4.32. The van der Waals surface area contributed by atoms with E-state index in [0.717, 1.165) is 22.0 Å². The van der Waals surface area contributed by atoms with E-state index >= 15 is 0 Å². The summed E-state index contributed by atoms with van der Waals surface area (Å²) in [5, 5.41) is 0. The summed E-state index contributed by atoms with van der Waals surface area (Å²) in [5.74, 6) is 0.760. The van der Waals surface area contributed by atoms with Crippen LogP contribution in [0, 0.1) is 0 Å². The van der Waals surface area contributed by atoms with Gasteiger partial charge in [0.1, 0.15) is 12.1 Å². The van der Waals surface area contributed by atoms with Crippen molar-refractivity contribution < 1.29 is 4.21 Å². The van der Waals surface area contributed by atoms with E-state index in [-0.39, 0.29) is 0 Å². The average Bonchev–Trinajstić information content (AvgIpc) is 2.97. The minimum atomic E-state index is -1.01. The van der Waals surface area contributed by atoms with E-state index < -0.39 is 10.8 Å². The first-order valence-electron chi connectivity index (χ1n) is 6.13. The summed E-state index contributed by atoms with van der Waals surface area (Å²) in [7, 11) is -1.01. The molecule has 3 aromatic rings. The zero-order valence-electron chi connectivity index (χ0n) is 10.9. The van der Waals surface area contributed by atoms with Crippen molar-refractivity contribution in [2.75, 3.05) is 6.26 Å². The third-order valence-corrected chi connectivity index (χ3v) is 3.91. The van der Waals surface area contributed by atoms with Crippen molar-refractivity contribution in [3.05, 3.63) is 61.2 Å². The molecule has 2 aromatic heterocycles. The second kappa shape index (κ2) is 5.38. The molecule has 2 heterocycles. The van der Waals surface area contributed by atoms with Gasteiger partial charge >= 0.3 is 0 Å². The fourth-order valence-electron chi connectivity index (χ4n) is 1.99. The van der Waals surface area contributed by atoms with Crippen LogP contribution in [0.5, 0.6) is 0 Å². The molecule has 20 heavy (non-hydrogen) atoms. The largest absolute Gasteiger partial charge is 0.283 e. The Kier molecular flexibility index (Phi) is 3.43. The van der Waals surface area contributed by atoms with Crippen LogP contribution in [0.3, 0.4) is 0 Å². The lowest BCUT2D eigenvalue weighted by Crippen LogP contribution is -1.99. The van der Waals surface area contributed by atoms with Gasteiger partial charge in [0.25, 0.3) is 0 Å². The van der Waals surface area contributed by atoms with Gasteiger partial charge in [-0.05, 0) is 12.1 Å². The van der Waals surface area contributed by atoms with Gasteiger partial charge in [-0.1, -0.05) is 30.3 Å². The highest BCUT2D eigenvalue weighted by molar-refractivity contribution is 7.84. The van der Waals surface area contributed by atoms with Gasteiger partial charge < -0.3 is 0 Å². The number of imidazole rings is 1. The number of aromatic nitrogens is 3. The van der Waals surface area contributed by atoms with Crippen molar-refractivity contribution in [3.8, 4) is 17.1 Å². The zero-order valence-corrected chi connectivity index (χ0v) is 11.7. The lowest BCUT2D eigenvalue weighted by atomic mass is 10.2. The van der Waals surface area contributed by atoms with Crippen LogP contribution in [0.2, 0.25) is 0 Å². The Hall–Kier alpha value is -2.27. The van der Waals surface area contributed by atoms with E-state index in [9.17, 15) is 4.21 Å². The van der Waals surface area contributed by atoms with E-state index in [4.69, 9.17) is 0 Å². The van der Waals surface area contributed by atoms with Gasteiger partial charge in [-0.25, -0.2) is 9.97 Å². The van der Waals surface area contributed by atoms with Crippen LogP contribution >= 0.6 is 0 Å². The minimum absolute atomic E-state index is 0.718. The van der Waals surface area contributed by atoms with Crippen LogP contribution in [0.1, 0.15) is 0 Å². The van der Waals surface area contributed by atoms with E-state index in [1.807, 2.05) is 53.2 Å². The van der Waals surface area contributed by atoms with E-state index in [1.165, 1.54) is 0 Å². The third kappa shape index (κ3) is 2.40. The maximum atomic E-state index is 11.4. The SMILES string of the molecule is CS(=O)c1ccc(-n2cncc2-c2ccccc2)nc1. The van der Waals surface area contributed by atoms with Crippen LogP contribution in [0.25, 0.3) is 17.1 Å². The van der Waals surface area contributed by atoms with Crippen LogP contribution < -0.4 is 0 Å². The smallest absolute Gasteiger partial charge is 0.138 e. The molecule has 5 heteroatoms. The van der Waals surface area contributed by atoms with Gasteiger partial charge in [0, 0.05) is 18.0 Å². The quantitative estimate of drug-likeness (QED) is 0.742. The predicted octanol–water partition coefficient (Wildman–Crippen LogP) is 2.67. The molecule has 100 valence electrons. The molecule has 0 saturated heterocycles. The third-order valence-electron chi connectivity index (χ3n) is 3.01.